The molecule has 1 atom stereocenters. The maximum atomic E-state index is 14.3. The molecule has 43 heavy (non-hydrogen) atoms. The molecule has 18 radical (unpaired) electrons. The van der Waals surface area contributed by atoms with Crippen LogP contribution in [0.15, 0.2) is 24.3 Å². The fourth-order valence-electron chi connectivity index (χ4n) is 4.74. The van der Waals surface area contributed by atoms with Gasteiger partial charge in [0.2, 0.25) is 11.8 Å². The summed E-state index contributed by atoms with van der Waals surface area (Å²) in [4.78, 5) is 31.6. The van der Waals surface area contributed by atoms with Gasteiger partial charge >= 0.3 is 6.36 Å². The number of alkyl halides is 3. The van der Waals surface area contributed by atoms with E-state index in [0.29, 0.717) is 0 Å². The summed E-state index contributed by atoms with van der Waals surface area (Å²) in [7, 11) is 52.6. The largest absolute Gasteiger partial charge is 0.573 e. The molecule has 0 saturated heterocycles. The van der Waals surface area contributed by atoms with Gasteiger partial charge in [0, 0.05) is 6.42 Å². The van der Waals surface area contributed by atoms with Gasteiger partial charge in [-0.3, -0.25) is 14.5 Å². The van der Waals surface area contributed by atoms with Crippen LogP contribution in [0.1, 0.15) is 24.5 Å². The van der Waals surface area contributed by atoms with E-state index in [-0.39, 0.29) is 35.1 Å². The number of ether oxygens (including phenoxy) is 2. The number of aromatic nitrogens is 1. The molecule has 1 aromatic heterocycles. The lowest BCUT2D eigenvalue weighted by molar-refractivity contribution is -0.275. The third-order valence-corrected chi connectivity index (χ3v) is 6.82. The van der Waals surface area contributed by atoms with Crippen LogP contribution in [0.3, 0.4) is 0 Å². The highest BCUT2D eigenvalue weighted by atomic mass is 19.4. The molecule has 3 rings (SSSR count). The Labute approximate surface area is 258 Å². The Balaban J connectivity index is 1.94. The van der Waals surface area contributed by atoms with Gasteiger partial charge in [-0.15, -0.1) is 28.5 Å². The van der Waals surface area contributed by atoms with Crippen LogP contribution in [-0.4, -0.2) is 99.9 Å². The molecule has 202 valence electrons. The lowest BCUT2D eigenvalue weighted by Gasteiger charge is -2.65. The van der Waals surface area contributed by atoms with Crippen LogP contribution >= 0.6 is 0 Å². The smallest absolute Gasteiger partial charge is 0.463 e. The first-order valence-electron chi connectivity index (χ1n) is 12.3. The fourth-order valence-corrected chi connectivity index (χ4v) is 4.74. The van der Waals surface area contributed by atoms with E-state index in [0.717, 1.165) is 18.2 Å². The molecule has 1 unspecified atom stereocenters. The van der Waals surface area contributed by atoms with Gasteiger partial charge in [-0.25, -0.2) is 4.39 Å². The van der Waals surface area contributed by atoms with E-state index in [1.54, 1.807) is 0 Å². The highest BCUT2D eigenvalue weighted by Gasteiger charge is 2.54. The van der Waals surface area contributed by atoms with Crippen molar-refractivity contribution in [2.75, 3.05) is 10.2 Å². The van der Waals surface area contributed by atoms with Crippen molar-refractivity contribution < 1.29 is 36.6 Å². The molecule has 0 aliphatic carbocycles. The normalized spacial score (nSPS) is 16.3. The van der Waals surface area contributed by atoms with Crippen molar-refractivity contribution in [3.63, 3.8) is 0 Å². The maximum Gasteiger partial charge on any atom is 0.573 e. The van der Waals surface area contributed by atoms with Crippen molar-refractivity contribution in [3.05, 3.63) is 41.2 Å². The number of carbonyl (C=O) groups is 2. The molecule has 0 saturated carbocycles. The average Bonchev–Trinajstić information content (AvgIpc) is 2.80. The van der Waals surface area contributed by atoms with Crippen LogP contribution in [0.2, 0.25) is 15.3 Å². The van der Waals surface area contributed by atoms with E-state index in [9.17, 15) is 27.2 Å². The predicted molar refractivity (Wildman–Crippen MR) is 159 cm³/mol. The number of hydrogen-bond donors (Lipinski definition) is 1. The second kappa shape index (κ2) is 11.6. The molecule has 1 N–H and O–H groups in total. The number of nitrogens with zero attached hydrogens (tertiary/aromatic N) is 2. The van der Waals surface area contributed by atoms with Crippen molar-refractivity contribution in [1.29, 1.82) is 0 Å². The molecule has 20 heteroatoms. The Morgan fingerprint density at radius 2 is 1.58 bits per heavy atom. The number of benzene rings is 1. The summed E-state index contributed by atoms with van der Waals surface area (Å²) in [6.45, 7) is 2.64. The number of nitrogens with one attached hydrogen (secondary N) is 1. The summed E-state index contributed by atoms with van der Waals surface area (Å²) >= 11 is 0. The molecule has 1 aromatic carbocycles. The fraction of sp³-hybridized carbons (Fsp3) is 0.435. The minimum atomic E-state index is -5.10. The average molecular weight is 572 g/mol. The minimum Gasteiger partial charge on any atom is -0.463 e. The highest BCUT2D eigenvalue weighted by Crippen LogP contribution is 2.63. The van der Waals surface area contributed by atoms with Crippen molar-refractivity contribution in [3.8, 4) is 11.6 Å². The van der Waals surface area contributed by atoms with Gasteiger partial charge in [-0.1, -0.05) is 11.5 Å². The second-order valence-corrected chi connectivity index (χ2v) is 10.4. The molecule has 0 spiro atoms. The van der Waals surface area contributed by atoms with Crippen molar-refractivity contribution in [1.82, 2.24) is 4.98 Å². The zero-order chi connectivity index (χ0) is 32.9. The Morgan fingerprint density at radius 1 is 1.02 bits per heavy atom. The molecule has 2 amide bonds. The van der Waals surface area contributed by atoms with Gasteiger partial charge in [0.15, 0.2) is 17.7 Å². The third kappa shape index (κ3) is 7.14. The summed E-state index contributed by atoms with van der Waals surface area (Å²) in [5.41, 5.74) is -1.89. The van der Waals surface area contributed by atoms with Gasteiger partial charge < -0.3 is 14.8 Å². The minimum absolute atomic E-state index is 0.0798. The van der Waals surface area contributed by atoms with Crippen molar-refractivity contribution in [2.45, 2.75) is 54.6 Å². The van der Waals surface area contributed by atoms with Crippen LogP contribution in [-0.2, 0) is 16.1 Å². The van der Waals surface area contributed by atoms with E-state index in [1.807, 2.05) is 0 Å². The quantitative estimate of drug-likeness (QED) is 0.356. The number of hydrogen-bond acceptors (Lipinski definition) is 5. The summed E-state index contributed by atoms with van der Waals surface area (Å²) in [5.74, 6) is -4.03. The van der Waals surface area contributed by atoms with Gasteiger partial charge in [-0.2, -0.15) is 4.98 Å². The van der Waals surface area contributed by atoms with Crippen LogP contribution < -0.4 is 19.7 Å². The molecule has 7 nitrogen and oxygen atoms in total. The first kappa shape index (κ1) is 34.7. The summed E-state index contributed by atoms with van der Waals surface area (Å²) < 4.78 is 61.0. The first-order valence-corrected chi connectivity index (χ1v) is 12.3. The lowest BCUT2D eigenvalue weighted by Crippen LogP contribution is -2.58. The SMILES string of the molecule is [B]C([B])([B])C(CC(=O)Nc1nc2c(cc1C)N(Cc1ccc(OC(F)(F)F)c(F)c1)C(=O)C(C)O2)(C([B])([B])[B])C([B])([B])[B]. The summed E-state index contributed by atoms with van der Waals surface area (Å²) in [6.07, 6.45) is -7.08. The number of amides is 2. The number of carbonyl (C=O) groups excluding carboxylic acids is 2. The van der Waals surface area contributed by atoms with Gasteiger partial charge in [0.1, 0.15) is 11.5 Å². The summed E-state index contributed by atoms with van der Waals surface area (Å²) in [5, 5.41) is -4.97. The Bertz CT molecular complexity index is 1380. The van der Waals surface area contributed by atoms with E-state index < -0.39 is 63.0 Å². The van der Waals surface area contributed by atoms with E-state index in [4.69, 9.17) is 75.4 Å². The molecule has 1 aliphatic rings. The van der Waals surface area contributed by atoms with Gasteiger partial charge in [-0.05, 0) is 43.2 Å². The Kier molecular flexibility index (Phi) is 9.37. The molecule has 2 aromatic rings. The zero-order valence-electron chi connectivity index (χ0n) is 23.0. The van der Waals surface area contributed by atoms with Crippen molar-refractivity contribution >= 4 is 93.9 Å². The highest BCUT2D eigenvalue weighted by molar-refractivity contribution is 6.69. The molecule has 0 fully saturated rings. The molecular weight excluding hydrogens is 556 g/mol. The van der Waals surface area contributed by atoms with Gasteiger partial charge in [0.05, 0.1) is 77.2 Å². The van der Waals surface area contributed by atoms with Crippen molar-refractivity contribution in [2.24, 2.45) is 5.41 Å². The Morgan fingerprint density at radius 3 is 2.07 bits per heavy atom. The predicted octanol–water partition coefficient (Wildman–Crippen LogP) is 0.794. The monoisotopic (exact) mass is 573 g/mol. The van der Waals surface area contributed by atoms with E-state index in [2.05, 4.69) is 15.0 Å². The Hall–Kier alpha value is -2.79. The van der Waals surface area contributed by atoms with E-state index in [1.165, 1.54) is 24.8 Å². The summed E-state index contributed by atoms with van der Waals surface area (Å²) in [6, 6.07) is 4.15. The molecule has 0 bridgehead atoms. The molecular formula is C23H16B9F4N3O4. The topological polar surface area (TPSA) is 80.8 Å². The third-order valence-electron chi connectivity index (χ3n) is 6.82. The lowest BCUT2D eigenvalue weighted by atomic mass is 9.09. The first-order chi connectivity index (χ1) is 19.4. The van der Waals surface area contributed by atoms with Crippen LogP contribution in [0.5, 0.6) is 11.6 Å². The van der Waals surface area contributed by atoms with Crippen LogP contribution in [0.25, 0.3) is 0 Å². The molecule has 2 heterocycles. The number of rotatable bonds is 9. The van der Waals surface area contributed by atoms with E-state index >= 15 is 0 Å². The van der Waals surface area contributed by atoms with Gasteiger partial charge in [0.25, 0.3) is 5.91 Å². The number of fused-ring (bicyclic) bond motifs is 1. The number of anilines is 2. The maximum absolute atomic E-state index is 14.3. The van der Waals surface area contributed by atoms with Crippen LogP contribution in [0, 0.1) is 18.2 Å². The second-order valence-electron chi connectivity index (χ2n) is 10.4. The standard InChI is InChI=1S/C23H16B9F4N3O4/c1-9-5-13-17(38-16(9)37-15(40)7-19(20(24,25)26,21(27,28)29)22(30,31)32)42-10(2)18(41)39(13)8-11-3-4-14(12(33)6-11)43-23(34,35)36/h3-6,10H,7-8H2,1-2H3,(H,37,38,40). The number of halogens is 4. The molecule has 1 aliphatic heterocycles. The zero-order valence-corrected chi connectivity index (χ0v) is 23.0. The van der Waals surface area contributed by atoms with Crippen LogP contribution in [0.4, 0.5) is 29.1 Å². The number of aryl methyl sites for hydroxylation is 1. The number of pyridine rings is 1.